The molecule has 0 unspecified atom stereocenters. The smallest absolute Gasteiger partial charge is 0.293 e. The number of fused-ring (bicyclic) bond motifs is 1. The molecule has 4 aromatic rings. The molecule has 156 valence electrons. The summed E-state index contributed by atoms with van der Waals surface area (Å²) in [4.78, 5) is 36.9. The molecule has 0 aliphatic heterocycles. The van der Waals surface area contributed by atoms with E-state index in [1.165, 1.54) is 6.92 Å². The first-order chi connectivity index (χ1) is 14.9. The highest BCUT2D eigenvalue weighted by atomic mass is 16.2. The van der Waals surface area contributed by atoms with E-state index in [4.69, 9.17) is 0 Å². The van der Waals surface area contributed by atoms with E-state index in [0.717, 1.165) is 10.4 Å². The fourth-order valence-corrected chi connectivity index (χ4v) is 3.31. The van der Waals surface area contributed by atoms with E-state index in [-0.39, 0.29) is 12.5 Å². The monoisotopic (exact) mass is 416 g/mol. The second kappa shape index (κ2) is 8.23. The van der Waals surface area contributed by atoms with Gasteiger partial charge >= 0.3 is 0 Å². The van der Waals surface area contributed by atoms with Gasteiger partial charge in [-0.15, -0.1) is 0 Å². The number of benzene rings is 2. The predicted octanol–water partition coefficient (Wildman–Crippen LogP) is 2.49. The minimum absolute atomic E-state index is 0.210. The lowest BCUT2D eigenvalue weighted by Gasteiger charge is -2.10. The zero-order valence-electron chi connectivity index (χ0n) is 17.0. The number of amides is 2. The maximum absolute atomic E-state index is 13.1. The van der Waals surface area contributed by atoms with Crippen molar-refractivity contribution in [1.29, 1.82) is 0 Å². The number of hydrogen-bond acceptors (Lipinski definition) is 5. The van der Waals surface area contributed by atoms with Crippen molar-refractivity contribution in [3.63, 3.8) is 0 Å². The van der Waals surface area contributed by atoms with Gasteiger partial charge in [0.2, 0.25) is 11.8 Å². The third-order valence-electron chi connectivity index (χ3n) is 4.63. The van der Waals surface area contributed by atoms with Gasteiger partial charge in [-0.05, 0) is 37.3 Å². The molecule has 31 heavy (non-hydrogen) atoms. The van der Waals surface area contributed by atoms with Crippen molar-refractivity contribution < 1.29 is 9.59 Å². The second-order valence-electron chi connectivity index (χ2n) is 7.01. The van der Waals surface area contributed by atoms with E-state index in [1.54, 1.807) is 42.1 Å². The molecule has 0 bridgehead atoms. The molecule has 0 saturated carbocycles. The van der Waals surface area contributed by atoms with Crippen LogP contribution in [-0.4, -0.2) is 31.4 Å². The van der Waals surface area contributed by atoms with Crippen LogP contribution in [0.15, 0.2) is 65.6 Å². The molecule has 9 nitrogen and oxygen atoms in total. The molecule has 0 saturated heterocycles. The second-order valence-corrected chi connectivity index (χ2v) is 7.01. The molecule has 2 heterocycles. The Bertz CT molecular complexity index is 1340. The van der Waals surface area contributed by atoms with Gasteiger partial charge in [0, 0.05) is 23.7 Å². The topological polar surface area (TPSA) is 111 Å². The molecule has 0 radical (unpaired) electrons. The minimum Gasteiger partial charge on any atom is -0.326 e. The Balaban J connectivity index is 1.63. The third kappa shape index (κ3) is 4.20. The van der Waals surface area contributed by atoms with Crippen LogP contribution in [0.25, 0.3) is 16.6 Å². The molecule has 4 rings (SSSR count). The molecule has 2 N–H and O–H groups in total. The Morgan fingerprint density at radius 1 is 1.00 bits per heavy atom. The number of nitrogens with zero attached hydrogens (tertiary/aromatic N) is 4. The van der Waals surface area contributed by atoms with Crippen LogP contribution in [0.1, 0.15) is 12.6 Å². The maximum Gasteiger partial charge on any atom is 0.293 e. The van der Waals surface area contributed by atoms with Crippen molar-refractivity contribution in [3.05, 3.63) is 76.8 Å². The van der Waals surface area contributed by atoms with Crippen molar-refractivity contribution >= 4 is 34.1 Å². The normalized spacial score (nSPS) is 10.8. The van der Waals surface area contributed by atoms with Crippen LogP contribution >= 0.6 is 0 Å². The van der Waals surface area contributed by atoms with Crippen LogP contribution in [0.4, 0.5) is 11.4 Å². The number of nitrogens with one attached hydrogen (secondary N) is 2. The van der Waals surface area contributed by atoms with Crippen LogP contribution in [0.5, 0.6) is 0 Å². The van der Waals surface area contributed by atoms with Crippen molar-refractivity contribution in [2.24, 2.45) is 0 Å². The molecular weight excluding hydrogens is 396 g/mol. The van der Waals surface area contributed by atoms with Gasteiger partial charge in [-0.3, -0.25) is 14.4 Å². The van der Waals surface area contributed by atoms with Gasteiger partial charge < -0.3 is 10.6 Å². The van der Waals surface area contributed by atoms with E-state index < -0.39 is 11.5 Å². The number of para-hydroxylation sites is 1. The largest absolute Gasteiger partial charge is 0.326 e. The number of carbonyl (C=O) groups excluding carboxylic acids is 2. The SMILES string of the molecule is CC(=O)Nc1cccc(NC(=O)Cn2nc(C)c3cnn(-c4ccccc4)c3c2=O)c1. The van der Waals surface area contributed by atoms with Crippen LogP contribution in [0, 0.1) is 6.92 Å². The number of aryl methyl sites for hydroxylation is 1. The van der Waals surface area contributed by atoms with E-state index in [1.807, 2.05) is 30.3 Å². The molecular formula is C22H20N6O3. The van der Waals surface area contributed by atoms with Gasteiger partial charge in [0.1, 0.15) is 12.1 Å². The van der Waals surface area contributed by atoms with Crippen molar-refractivity contribution in [3.8, 4) is 5.69 Å². The van der Waals surface area contributed by atoms with E-state index in [9.17, 15) is 14.4 Å². The Morgan fingerprint density at radius 2 is 1.71 bits per heavy atom. The zero-order chi connectivity index (χ0) is 22.0. The Labute approximate surface area is 177 Å². The standard InChI is InChI=1S/C22H20N6O3/c1-14-19-12-23-28(18-9-4-3-5-10-18)21(19)22(31)27(26-14)13-20(30)25-17-8-6-7-16(11-17)24-15(2)29/h3-12H,13H2,1-2H3,(H,24,29)(H,25,30). The summed E-state index contributed by atoms with van der Waals surface area (Å²) in [6.45, 7) is 2.91. The molecule has 0 fully saturated rings. The molecule has 9 heteroatoms. The summed E-state index contributed by atoms with van der Waals surface area (Å²) >= 11 is 0. The average Bonchev–Trinajstić information content (AvgIpc) is 3.18. The number of carbonyl (C=O) groups is 2. The average molecular weight is 416 g/mol. The molecule has 2 aromatic carbocycles. The van der Waals surface area contributed by atoms with E-state index in [0.29, 0.717) is 28.0 Å². The van der Waals surface area contributed by atoms with Crippen LogP contribution in [0.2, 0.25) is 0 Å². The summed E-state index contributed by atoms with van der Waals surface area (Å²) in [6, 6.07) is 16.0. The van der Waals surface area contributed by atoms with E-state index in [2.05, 4.69) is 20.8 Å². The molecule has 2 aromatic heterocycles. The van der Waals surface area contributed by atoms with Gasteiger partial charge in [0.15, 0.2) is 0 Å². The fourth-order valence-electron chi connectivity index (χ4n) is 3.31. The van der Waals surface area contributed by atoms with Gasteiger partial charge in [-0.2, -0.15) is 10.2 Å². The number of rotatable bonds is 5. The lowest BCUT2D eigenvalue weighted by Crippen LogP contribution is -2.31. The Hall–Kier alpha value is -4.27. The van der Waals surface area contributed by atoms with Crippen LogP contribution in [0.3, 0.4) is 0 Å². The highest BCUT2D eigenvalue weighted by Gasteiger charge is 2.16. The summed E-state index contributed by atoms with van der Waals surface area (Å²) in [5, 5.41) is 14.6. The number of anilines is 2. The van der Waals surface area contributed by atoms with Crippen LogP contribution in [-0.2, 0) is 16.1 Å². The first-order valence-corrected chi connectivity index (χ1v) is 9.61. The summed E-state index contributed by atoms with van der Waals surface area (Å²) in [5.74, 6) is -0.628. The minimum atomic E-state index is -0.417. The number of aromatic nitrogens is 4. The van der Waals surface area contributed by atoms with Crippen molar-refractivity contribution in [1.82, 2.24) is 19.6 Å². The summed E-state index contributed by atoms with van der Waals surface area (Å²) < 4.78 is 2.68. The summed E-state index contributed by atoms with van der Waals surface area (Å²) in [5.41, 5.74) is 2.34. The van der Waals surface area contributed by atoms with Gasteiger partial charge in [0.05, 0.1) is 17.6 Å². The predicted molar refractivity (Wildman–Crippen MR) is 117 cm³/mol. The quantitative estimate of drug-likeness (QED) is 0.519. The Morgan fingerprint density at radius 3 is 2.42 bits per heavy atom. The van der Waals surface area contributed by atoms with Crippen molar-refractivity contribution in [2.45, 2.75) is 20.4 Å². The molecule has 0 atom stereocenters. The van der Waals surface area contributed by atoms with E-state index >= 15 is 0 Å². The molecule has 2 amide bonds. The molecule has 0 aliphatic rings. The van der Waals surface area contributed by atoms with Crippen LogP contribution < -0.4 is 16.2 Å². The highest BCUT2D eigenvalue weighted by molar-refractivity contribution is 5.93. The lowest BCUT2D eigenvalue weighted by molar-refractivity contribution is -0.117. The highest BCUT2D eigenvalue weighted by Crippen LogP contribution is 2.17. The zero-order valence-corrected chi connectivity index (χ0v) is 17.0. The van der Waals surface area contributed by atoms with Crippen molar-refractivity contribution in [2.75, 3.05) is 10.6 Å². The maximum atomic E-state index is 13.1. The van der Waals surface area contributed by atoms with Gasteiger partial charge in [0.25, 0.3) is 5.56 Å². The third-order valence-corrected chi connectivity index (χ3v) is 4.63. The van der Waals surface area contributed by atoms with Gasteiger partial charge in [-0.25, -0.2) is 9.36 Å². The first kappa shape index (κ1) is 20.0. The number of hydrogen-bond donors (Lipinski definition) is 2. The lowest BCUT2D eigenvalue weighted by atomic mass is 10.2. The summed E-state index contributed by atoms with van der Waals surface area (Å²) in [7, 11) is 0. The fraction of sp³-hybridized carbons (Fsp3) is 0.136. The Kier molecular flexibility index (Phi) is 5.31. The molecule has 0 spiro atoms. The first-order valence-electron chi connectivity index (χ1n) is 9.61. The molecule has 0 aliphatic carbocycles. The van der Waals surface area contributed by atoms with Gasteiger partial charge in [-0.1, -0.05) is 24.3 Å². The summed E-state index contributed by atoms with van der Waals surface area (Å²) in [6.07, 6.45) is 1.60.